The number of piperazine rings is 1. The molecule has 0 aromatic heterocycles. The Morgan fingerprint density at radius 1 is 1.00 bits per heavy atom. The van der Waals surface area contributed by atoms with Crippen LogP contribution >= 0.6 is 0 Å². The van der Waals surface area contributed by atoms with Crippen LogP contribution in [0, 0.1) is 11.3 Å². The van der Waals surface area contributed by atoms with E-state index in [4.69, 9.17) is 0 Å². The highest BCUT2D eigenvalue weighted by Crippen LogP contribution is 2.14. The van der Waals surface area contributed by atoms with E-state index in [1.807, 2.05) is 42.5 Å². The normalized spacial score (nSPS) is 19.3. The van der Waals surface area contributed by atoms with E-state index in [0.717, 1.165) is 56.0 Å². The number of benzene rings is 2. The third kappa shape index (κ3) is 5.16. The predicted molar refractivity (Wildman–Crippen MR) is 106 cm³/mol. The van der Waals surface area contributed by atoms with E-state index in [-0.39, 0.29) is 5.91 Å². The minimum absolute atomic E-state index is 0.0872. The van der Waals surface area contributed by atoms with Crippen LogP contribution in [0.2, 0.25) is 0 Å². The van der Waals surface area contributed by atoms with Crippen LogP contribution in [0.15, 0.2) is 48.5 Å². The molecule has 5 heteroatoms. The number of hydrogen-bond donors (Lipinski definition) is 3. The molecule has 0 spiro atoms. The van der Waals surface area contributed by atoms with Crippen molar-refractivity contribution in [3.05, 3.63) is 65.2 Å². The summed E-state index contributed by atoms with van der Waals surface area (Å²) in [6.45, 7) is 7.50. The van der Waals surface area contributed by atoms with Crippen LogP contribution in [0.25, 0.3) is 0 Å². The minimum Gasteiger partial charge on any atom is -0.322 e. The quantitative estimate of drug-likeness (QED) is 0.678. The third-order valence-electron chi connectivity index (χ3n) is 5.33. The maximum absolute atomic E-state index is 12.4. The van der Waals surface area contributed by atoms with Crippen LogP contribution in [-0.2, 0) is 17.8 Å². The van der Waals surface area contributed by atoms with Crippen LogP contribution < -0.4 is 15.1 Å². The van der Waals surface area contributed by atoms with Crippen molar-refractivity contribution in [2.75, 3.05) is 38.0 Å². The number of nitriles is 1. The number of nitrogens with zero attached hydrogens (tertiary/aromatic N) is 1. The number of amides is 1. The van der Waals surface area contributed by atoms with Gasteiger partial charge in [0, 0.05) is 11.3 Å². The second-order valence-electron chi connectivity index (χ2n) is 7.18. The molecule has 3 rings (SSSR count). The minimum atomic E-state index is 0.0872. The summed E-state index contributed by atoms with van der Waals surface area (Å²) in [5.74, 6) is 0.0872. The second kappa shape index (κ2) is 9.31. The van der Waals surface area contributed by atoms with Gasteiger partial charge in [-0.2, -0.15) is 5.26 Å². The molecular weight excluding hydrogens is 336 g/mol. The van der Waals surface area contributed by atoms with Gasteiger partial charge in [0.15, 0.2) is 6.54 Å². The number of nitrogens with one attached hydrogen (secondary N) is 3. The SMILES string of the molecule is CCc1ccccc1NC(=O)C[NH+]1CC[NH+](Cc2ccccc2C#N)CC1. The Kier molecular flexibility index (Phi) is 6.59. The molecule has 2 aromatic carbocycles. The fraction of sp³-hybridized carbons (Fsp3) is 0.364. The van der Waals surface area contributed by atoms with E-state index in [2.05, 4.69) is 24.4 Å². The van der Waals surface area contributed by atoms with Gasteiger partial charge < -0.3 is 15.1 Å². The summed E-state index contributed by atoms with van der Waals surface area (Å²) in [5.41, 5.74) is 3.99. The number of para-hydroxylation sites is 1. The Morgan fingerprint density at radius 2 is 1.63 bits per heavy atom. The molecule has 2 aromatic rings. The highest BCUT2D eigenvalue weighted by Gasteiger charge is 2.25. The lowest BCUT2D eigenvalue weighted by Crippen LogP contribution is -3.28. The molecule has 0 saturated carbocycles. The van der Waals surface area contributed by atoms with Crippen molar-refractivity contribution in [3.8, 4) is 6.07 Å². The number of carbonyl (C=O) groups excluding carboxylic acids is 1. The van der Waals surface area contributed by atoms with Crippen molar-refractivity contribution in [2.45, 2.75) is 19.9 Å². The molecule has 27 heavy (non-hydrogen) atoms. The van der Waals surface area contributed by atoms with Gasteiger partial charge in [-0.3, -0.25) is 4.79 Å². The van der Waals surface area contributed by atoms with Crippen LogP contribution in [0.4, 0.5) is 5.69 Å². The van der Waals surface area contributed by atoms with E-state index in [0.29, 0.717) is 6.54 Å². The molecule has 3 N–H and O–H groups in total. The van der Waals surface area contributed by atoms with Crippen molar-refractivity contribution in [1.29, 1.82) is 5.26 Å². The Hall–Kier alpha value is -2.68. The molecule has 1 amide bonds. The molecule has 5 nitrogen and oxygen atoms in total. The summed E-state index contributed by atoms with van der Waals surface area (Å²) in [6, 6.07) is 18.1. The lowest BCUT2D eigenvalue weighted by atomic mass is 10.1. The van der Waals surface area contributed by atoms with Gasteiger partial charge in [0.05, 0.1) is 11.6 Å². The van der Waals surface area contributed by atoms with Crippen molar-refractivity contribution >= 4 is 11.6 Å². The fourth-order valence-corrected chi connectivity index (χ4v) is 3.74. The Morgan fingerprint density at radius 3 is 2.33 bits per heavy atom. The standard InChI is InChI=1S/C22H26N4O/c1-2-18-7-5-6-10-21(18)24-22(27)17-26-13-11-25(12-14-26)16-20-9-4-3-8-19(20)15-23/h3-10H,2,11-14,16-17H2,1H3,(H,24,27)/p+2. The topological polar surface area (TPSA) is 61.8 Å². The van der Waals surface area contributed by atoms with Crippen molar-refractivity contribution < 1.29 is 14.6 Å². The summed E-state index contributed by atoms with van der Waals surface area (Å²) < 4.78 is 0. The number of anilines is 1. The highest BCUT2D eigenvalue weighted by molar-refractivity contribution is 5.92. The van der Waals surface area contributed by atoms with Gasteiger partial charge in [-0.15, -0.1) is 0 Å². The van der Waals surface area contributed by atoms with Gasteiger partial charge in [0.1, 0.15) is 32.7 Å². The average Bonchev–Trinajstić information content (AvgIpc) is 2.70. The summed E-state index contributed by atoms with van der Waals surface area (Å²) in [4.78, 5) is 15.2. The Labute approximate surface area is 161 Å². The van der Waals surface area contributed by atoms with E-state index in [1.54, 1.807) is 0 Å². The van der Waals surface area contributed by atoms with E-state index in [9.17, 15) is 10.1 Å². The Balaban J connectivity index is 1.48. The molecule has 1 fully saturated rings. The Bertz CT molecular complexity index is 819. The highest BCUT2D eigenvalue weighted by atomic mass is 16.2. The predicted octanol–water partition coefficient (Wildman–Crippen LogP) is 0.0428. The van der Waals surface area contributed by atoms with Gasteiger partial charge in [0.25, 0.3) is 5.91 Å². The smallest absolute Gasteiger partial charge is 0.279 e. The summed E-state index contributed by atoms with van der Waals surface area (Å²) in [6.07, 6.45) is 0.912. The molecule has 0 unspecified atom stereocenters. The first-order valence-electron chi connectivity index (χ1n) is 9.72. The van der Waals surface area contributed by atoms with Gasteiger partial charge in [-0.1, -0.05) is 43.3 Å². The van der Waals surface area contributed by atoms with Crippen molar-refractivity contribution in [3.63, 3.8) is 0 Å². The first-order valence-corrected chi connectivity index (χ1v) is 9.72. The van der Waals surface area contributed by atoms with Crippen LogP contribution in [0.1, 0.15) is 23.6 Å². The van der Waals surface area contributed by atoms with Crippen LogP contribution in [0.3, 0.4) is 0 Å². The summed E-state index contributed by atoms with van der Waals surface area (Å²) >= 11 is 0. The van der Waals surface area contributed by atoms with E-state index >= 15 is 0 Å². The van der Waals surface area contributed by atoms with Crippen molar-refractivity contribution in [1.82, 2.24) is 0 Å². The molecule has 0 aliphatic carbocycles. The van der Waals surface area contributed by atoms with Crippen LogP contribution in [-0.4, -0.2) is 38.6 Å². The molecule has 1 aliphatic rings. The molecule has 0 bridgehead atoms. The summed E-state index contributed by atoms with van der Waals surface area (Å²) in [5, 5.41) is 12.3. The lowest BCUT2D eigenvalue weighted by molar-refractivity contribution is -1.02. The van der Waals surface area contributed by atoms with E-state index < -0.39 is 0 Å². The first kappa shape index (κ1) is 19.1. The zero-order valence-corrected chi connectivity index (χ0v) is 15.9. The van der Waals surface area contributed by atoms with Gasteiger partial charge >= 0.3 is 0 Å². The number of aryl methyl sites for hydroxylation is 1. The van der Waals surface area contributed by atoms with Crippen LogP contribution in [0.5, 0.6) is 0 Å². The van der Waals surface area contributed by atoms with Gasteiger partial charge in [-0.05, 0) is 24.1 Å². The molecular formula is C22H28N4O+2. The molecule has 1 heterocycles. The molecule has 0 atom stereocenters. The number of carbonyl (C=O) groups is 1. The maximum atomic E-state index is 12.4. The molecule has 140 valence electrons. The zero-order valence-electron chi connectivity index (χ0n) is 15.9. The summed E-state index contributed by atoms with van der Waals surface area (Å²) in [7, 11) is 0. The van der Waals surface area contributed by atoms with Crippen molar-refractivity contribution in [2.24, 2.45) is 0 Å². The monoisotopic (exact) mass is 364 g/mol. The molecule has 0 radical (unpaired) electrons. The molecule has 1 saturated heterocycles. The van der Waals surface area contributed by atoms with Gasteiger partial charge in [-0.25, -0.2) is 0 Å². The fourth-order valence-electron chi connectivity index (χ4n) is 3.74. The van der Waals surface area contributed by atoms with Gasteiger partial charge in [0.2, 0.25) is 0 Å². The maximum Gasteiger partial charge on any atom is 0.279 e. The molecule has 1 aliphatic heterocycles. The second-order valence-corrected chi connectivity index (χ2v) is 7.18. The third-order valence-corrected chi connectivity index (χ3v) is 5.33. The largest absolute Gasteiger partial charge is 0.322 e. The number of rotatable bonds is 6. The average molecular weight is 364 g/mol. The zero-order chi connectivity index (χ0) is 19.1. The lowest BCUT2D eigenvalue weighted by Gasteiger charge is -2.29. The first-order chi connectivity index (χ1) is 13.2. The van der Waals surface area contributed by atoms with E-state index in [1.165, 1.54) is 15.4 Å². The number of quaternary nitrogens is 2. The number of hydrogen-bond acceptors (Lipinski definition) is 2.